The van der Waals surface area contributed by atoms with Gasteiger partial charge in [-0.1, -0.05) is 24.3 Å². The smallest absolute Gasteiger partial charge is 0.295 e. The summed E-state index contributed by atoms with van der Waals surface area (Å²) in [4.78, 5) is 14.3. The molecule has 1 aliphatic heterocycles. The number of piperazine rings is 1. The first-order valence-electron chi connectivity index (χ1n) is 9.01. The third-order valence-corrected chi connectivity index (χ3v) is 7.11. The molecule has 1 aliphatic rings. The minimum Gasteiger partial charge on any atom is -0.295 e. The van der Waals surface area contributed by atoms with Gasteiger partial charge in [-0.25, -0.2) is 17.6 Å². The molecule has 28 heavy (non-hydrogen) atoms. The zero-order valence-corrected chi connectivity index (χ0v) is 16.3. The van der Waals surface area contributed by atoms with E-state index in [1.165, 1.54) is 22.5 Å². The largest absolute Gasteiger partial charge is 0.329 e. The highest BCUT2D eigenvalue weighted by Gasteiger charge is 2.30. The Balaban J connectivity index is 1.51. The average molecular weight is 404 g/mol. The van der Waals surface area contributed by atoms with Gasteiger partial charge in [0.2, 0.25) is 10.0 Å². The van der Waals surface area contributed by atoms with Gasteiger partial charge in [-0.2, -0.15) is 4.31 Å². The summed E-state index contributed by atoms with van der Waals surface area (Å²) in [6.07, 6.45) is 0. The number of rotatable bonds is 4. The molecule has 0 unspecified atom stereocenters. The molecule has 2 heterocycles. The number of hydrogen-bond acceptors (Lipinski definition) is 4. The van der Waals surface area contributed by atoms with E-state index in [0.717, 1.165) is 17.1 Å². The summed E-state index contributed by atoms with van der Waals surface area (Å²) in [6, 6.07) is 13.0. The molecule has 148 valence electrons. The first kappa shape index (κ1) is 18.9. The van der Waals surface area contributed by atoms with Crippen LogP contribution in [-0.4, -0.2) is 52.9 Å². The first-order valence-corrected chi connectivity index (χ1v) is 10.4. The maximum absolute atomic E-state index is 13.9. The van der Waals surface area contributed by atoms with Gasteiger partial charge >= 0.3 is 5.69 Å². The molecule has 1 fully saturated rings. The van der Waals surface area contributed by atoms with E-state index < -0.39 is 15.8 Å². The third-order valence-electron chi connectivity index (χ3n) is 5.18. The maximum Gasteiger partial charge on any atom is 0.329 e. The van der Waals surface area contributed by atoms with E-state index in [4.69, 9.17) is 0 Å². The number of benzene rings is 2. The highest BCUT2D eigenvalue weighted by Crippen LogP contribution is 2.21. The van der Waals surface area contributed by atoms with E-state index in [2.05, 4.69) is 0 Å². The molecule has 0 aliphatic carbocycles. The quantitative estimate of drug-likeness (QED) is 0.660. The molecule has 2 aromatic carbocycles. The molecule has 1 aromatic heterocycles. The van der Waals surface area contributed by atoms with E-state index in [0.29, 0.717) is 19.8 Å². The number of halogens is 1. The van der Waals surface area contributed by atoms with E-state index in [9.17, 15) is 17.6 Å². The summed E-state index contributed by atoms with van der Waals surface area (Å²) in [5.41, 5.74) is 1.59. The Morgan fingerprint density at radius 3 is 2.21 bits per heavy atom. The molecule has 0 saturated carbocycles. The Hall–Kier alpha value is -2.49. The molecule has 0 N–H and O–H groups in total. The number of hydrogen-bond donors (Lipinski definition) is 0. The number of aryl methyl sites for hydroxylation is 1. The molecule has 4 rings (SSSR count). The maximum atomic E-state index is 13.9. The molecule has 9 heteroatoms. The Labute approximate surface area is 162 Å². The normalized spacial score (nSPS) is 16.6. The Morgan fingerprint density at radius 1 is 0.929 bits per heavy atom. The SMILES string of the molecule is Cn1c(=O)n(CN2CCN(S(=O)(=O)c3ccccc3F)CC2)c2ccccc21. The second-order valence-corrected chi connectivity index (χ2v) is 8.76. The number of para-hydroxylation sites is 2. The Kier molecular flexibility index (Phi) is 4.82. The van der Waals surface area contributed by atoms with Crippen molar-refractivity contribution in [1.82, 2.24) is 18.3 Å². The van der Waals surface area contributed by atoms with Crippen LogP contribution in [0.25, 0.3) is 11.0 Å². The summed E-state index contributed by atoms with van der Waals surface area (Å²) in [5, 5.41) is 0. The van der Waals surface area contributed by atoms with Crippen molar-refractivity contribution in [3.8, 4) is 0 Å². The monoisotopic (exact) mass is 404 g/mol. The lowest BCUT2D eigenvalue weighted by Crippen LogP contribution is -2.49. The van der Waals surface area contributed by atoms with Gasteiger partial charge in [-0.3, -0.25) is 14.0 Å². The molecule has 1 saturated heterocycles. The lowest BCUT2D eigenvalue weighted by atomic mass is 10.3. The third kappa shape index (κ3) is 3.15. The van der Waals surface area contributed by atoms with Crippen LogP contribution in [0, 0.1) is 5.82 Å². The predicted octanol–water partition coefficient (Wildman–Crippen LogP) is 1.44. The zero-order valence-electron chi connectivity index (χ0n) is 15.5. The first-order chi connectivity index (χ1) is 13.4. The van der Waals surface area contributed by atoms with Crippen molar-refractivity contribution >= 4 is 21.1 Å². The van der Waals surface area contributed by atoms with E-state index >= 15 is 0 Å². The molecular formula is C19H21FN4O3S. The van der Waals surface area contributed by atoms with Gasteiger partial charge in [0.05, 0.1) is 17.7 Å². The Bertz CT molecular complexity index is 1180. The van der Waals surface area contributed by atoms with Crippen molar-refractivity contribution in [3.05, 3.63) is 64.8 Å². The minimum atomic E-state index is -3.87. The van der Waals surface area contributed by atoms with Gasteiger partial charge in [0, 0.05) is 33.2 Å². The van der Waals surface area contributed by atoms with Crippen molar-refractivity contribution < 1.29 is 12.8 Å². The molecule has 3 aromatic rings. The topological polar surface area (TPSA) is 67.6 Å². The van der Waals surface area contributed by atoms with Gasteiger partial charge in [-0.05, 0) is 24.3 Å². The summed E-state index contributed by atoms with van der Waals surface area (Å²) in [6.45, 7) is 1.80. The minimum absolute atomic E-state index is 0.109. The van der Waals surface area contributed by atoms with Crippen LogP contribution < -0.4 is 5.69 Å². The number of aromatic nitrogens is 2. The lowest BCUT2D eigenvalue weighted by molar-refractivity contribution is 0.152. The highest BCUT2D eigenvalue weighted by molar-refractivity contribution is 7.89. The fourth-order valence-corrected chi connectivity index (χ4v) is 5.09. The number of imidazole rings is 1. The molecule has 0 spiro atoms. The van der Waals surface area contributed by atoms with Gasteiger partial charge in [0.25, 0.3) is 0 Å². The predicted molar refractivity (Wildman–Crippen MR) is 104 cm³/mol. The number of fused-ring (bicyclic) bond motifs is 1. The highest BCUT2D eigenvalue weighted by atomic mass is 32.2. The molecule has 7 nitrogen and oxygen atoms in total. The second kappa shape index (κ2) is 7.16. The molecular weight excluding hydrogens is 383 g/mol. The fourth-order valence-electron chi connectivity index (χ4n) is 3.60. The van der Waals surface area contributed by atoms with Crippen LogP contribution in [0.1, 0.15) is 0 Å². The van der Waals surface area contributed by atoms with Gasteiger partial charge in [-0.15, -0.1) is 0 Å². The fraction of sp³-hybridized carbons (Fsp3) is 0.316. The van der Waals surface area contributed by atoms with Crippen LogP contribution in [0.15, 0.2) is 58.2 Å². The van der Waals surface area contributed by atoms with Crippen LogP contribution in [0.3, 0.4) is 0 Å². The zero-order chi connectivity index (χ0) is 19.9. The average Bonchev–Trinajstić information content (AvgIpc) is 2.94. The van der Waals surface area contributed by atoms with Crippen LogP contribution in [0.2, 0.25) is 0 Å². The van der Waals surface area contributed by atoms with Gasteiger partial charge in [0.1, 0.15) is 10.7 Å². The summed E-state index contributed by atoms with van der Waals surface area (Å²) in [7, 11) is -2.13. The standard InChI is InChI=1S/C19H21FN4O3S/c1-21-16-7-3-4-8-17(16)24(19(21)25)14-22-10-12-23(13-11-22)28(26,27)18-9-5-2-6-15(18)20/h2-9H,10-14H2,1H3. The van der Waals surface area contributed by atoms with Crippen LogP contribution in [0.4, 0.5) is 4.39 Å². The van der Waals surface area contributed by atoms with Crippen LogP contribution in [-0.2, 0) is 23.7 Å². The van der Waals surface area contributed by atoms with Crippen molar-refractivity contribution in [2.75, 3.05) is 26.2 Å². The summed E-state index contributed by atoms with van der Waals surface area (Å²) < 4.78 is 44.0. The van der Waals surface area contributed by atoms with Gasteiger partial charge < -0.3 is 0 Å². The molecule has 0 radical (unpaired) electrons. The van der Waals surface area contributed by atoms with Crippen molar-refractivity contribution in [2.45, 2.75) is 11.6 Å². The number of nitrogens with zero attached hydrogens (tertiary/aromatic N) is 4. The van der Waals surface area contributed by atoms with Crippen LogP contribution in [0.5, 0.6) is 0 Å². The summed E-state index contributed by atoms with van der Waals surface area (Å²) in [5.74, 6) is -0.743. The van der Waals surface area contributed by atoms with Gasteiger partial charge in [0.15, 0.2) is 0 Å². The van der Waals surface area contributed by atoms with E-state index in [1.807, 2.05) is 29.2 Å². The molecule has 0 amide bonds. The van der Waals surface area contributed by atoms with Crippen molar-refractivity contribution in [3.63, 3.8) is 0 Å². The molecule has 0 atom stereocenters. The molecule has 0 bridgehead atoms. The van der Waals surface area contributed by atoms with Crippen molar-refractivity contribution in [2.24, 2.45) is 7.05 Å². The van der Waals surface area contributed by atoms with Crippen LogP contribution >= 0.6 is 0 Å². The summed E-state index contributed by atoms with van der Waals surface area (Å²) >= 11 is 0. The lowest BCUT2D eigenvalue weighted by Gasteiger charge is -2.34. The van der Waals surface area contributed by atoms with Crippen molar-refractivity contribution in [1.29, 1.82) is 0 Å². The van der Waals surface area contributed by atoms with E-state index in [1.54, 1.807) is 16.2 Å². The second-order valence-electron chi connectivity index (χ2n) is 6.85. The van der Waals surface area contributed by atoms with E-state index in [-0.39, 0.29) is 23.7 Å². The number of sulfonamides is 1. The Morgan fingerprint density at radius 2 is 1.54 bits per heavy atom.